The molecule has 0 aromatic heterocycles. The minimum absolute atomic E-state index is 0.122. The van der Waals surface area contributed by atoms with Crippen molar-refractivity contribution < 1.29 is 4.79 Å². The first-order chi connectivity index (χ1) is 4.41. The highest BCUT2D eigenvalue weighted by Crippen LogP contribution is 2.07. The standard InChI is InChI=1S/C7H15NOSi/c1-6-10(4,5)8(3)7(2)9/h6H,1H2,2-5H3. The zero-order valence-corrected chi connectivity index (χ0v) is 8.14. The van der Waals surface area contributed by atoms with Gasteiger partial charge in [0.05, 0.1) is 0 Å². The number of carbonyl (C=O) groups is 1. The van der Waals surface area contributed by atoms with Crippen molar-refractivity contribution in [1.82, 2.24) is 4.57 Å². The van der Waals surface area contributed by atoms with Crippen LogP contribution in [0.1, 0.15) is 6.92 Å². The summed E-state index contributed by atoms with van der Waals surface area (Å²) in [5, 5.41) is 0. The Hall–Kier alpha value is -0.573. The van der Waals surface area contributed by atoms with E-state index in [1.54, 1.807) is 11.5 Å². The molecule has 0 atom stereocenters. The normalized spacial score (nSPS) is 10.8. The van der Waals surface area contributed by atoms with Crippen LogP contribution in [0, 0.1) is 0 Å². The minimum Gasteiger partial charge on any atom is -0.369 e. The fraction of sp³-hybridized carbons (Fsp3) is 0.571. The maximum atomic E-state index is 10.9. The Morgan fingerprint density at radius 3 is 2.10 bits per heavy atom. The summed E-state index contributed by atoms with van der Waals surface area (Å²) in [5.74, 6) is 0.122. The van der Waals surface area contributed by atoms with Gasteiger partial charge in [0.15, 0.2) is 8.24 Å². The topological polar surface area (TPSA) is 20.3 Å². The van der Waals surface area contributed by atoms with E-state index >= 15 is 0 Å². The molecule has 0 aromatic rings. The maximum absolute atomic E-state index is 10.9. The van der Waals surface area contributed by atoms with E-state index in [0.717, 1.165) is 0 Å². The lowest BCUT2D eigenvalue weighted by atomic mass is 10.7. The molecule has 0 spiro atoms. The average molecular weight is 157 g/mol. The van der Waals surface area contributed by atoms with Gasteiger partial charge in [-0.1, -0.05) is 5.70 Å². The molecule has 0 saturated heterocycles. The van der Waals surface area contributed by atoms with Crippen LogP contribution in [0.5, 0.6) is 0 Å². The smallest absolute Gasteiger partial charge is 0.211 e. The van der Waals surface area contributed by atoms with Crippen LogP contribution in [0.15, 0.2) is 12.3 Å². The number of hydrogen-bond donors (Lipinski definition) is 0. The number of hydrogen-bond acceptors (Lipinski definition) is 1. The number of carbonyl (C=O) groups excluding carboxylic acids is 1. The van der Waals surface area contributed by atoms with E-state index in [1.165, 1.54) is 0 Å². The van der Waals surface area contributed by atoms with Crippen molar-refractivity contribution in [2.45, 2.75) is 20.0 Å². The molecule has 58 valence electrons. The highest BCUT2D eigenvalue weighted by Gasteiger charge is 2.24. The second-order valence-electron chi connectivity index (χ2n) is 2.94. The first-order valence-corrected chi connectivity index (χ1v) is 6.32. The van der Waals surface area contributed by atoms with Gasteiger partial charge in [-0.2, -0.15) is 0 Å². The van der Waals surface area contributed by atoms with Crippen LogP contribution in [0.3, 0.4) is 0 Å². The Labute approximate surface area is 63.6 Å². The summed E-state index contributed by atoms with van der Waals surface area (Å²) in [5.41, 5.74) is 1.90. The summed E-state index contributed by atoms with van der Waals surface area (Å²) < 4.78 is 1.79. The largest absolute Gasteiger partial charge is 0.369 e. The third-order valence-electron chi connectivity index (χ3n) is 1.84. The van der Waals surface area contributed by atoms with Gasteiger partial charge in [0.2, 0.25) is 5.91 Å². The van der Waals surface area contributed by atoms with E-state index in [4.69, 9.17) is 0 Å². The minimum atomic E-state index is -1.60. The lowest BCUT2D eigenvalue weighted by molar-refractivity contribution is -0.123. The van der Waals surface area contributed by atoms with Crippen molar-refractivity contribution in [3.8, 4) is 0 Å². The van der Waals surface area contributed by atoms with Crippen LogP contribution < -0.4 is 0 Å². The zero-order chi connectivity index (χ0) is 8.36. The summed E-state index contributed by atoms with van der Waals surface area (Å²) in [4.78, 5) is 10.9. The highest BCUT2D eigenvalue weighted by atomic mass is 28.3. The molecule has 0 aromatic carbocycles. The maximum Gasteiger partial charge on any atom is 0.211 e. The third kappa shape index (κ3) is 1.99. The average Bonchev–Trinajstić information content (AvgIpc) is 1.86. The van der Waals surface area contributed by atoms with Gasteiger partial charge in [0.1, 0.15) is 0 Å². The molecule has 0 unspecified atom stereocenters. The first kappa shape index (κ1) is 9.43. The fourth-order valence-electron chi connectivity index (χ4n) is 0.543. The van der Waals surface area contributed by atoms with E-state index in [1.807, 2.05) is 12.7 Å². The van der Waals surface area contributed by atoms with Gasteiger partial charge in [-0.25, -0.2) is 0 Å². The molecule has 0 aliphatic heterocycles. The van der Waals surface area contributed by atoms with E-state index in [9.17, 15) is 4.79 Å². The van der Waals surface area contributed by atoms with Crippen molar-refractivity contribution in [2.75, 3.05) is 7.05 Å². The predicted octanol–water partition coefficient (Wildman–Crippen LogP) is 1.40. The molecule has 2 nitrogen and oxygen atoms in total. The molecule has 0 aliphatic carbocycles. The molecule has 0 bridgehead atoms. The monoisotopic (exact) mass is 157 g/mol. The van der Waals surface area contributed by atoms with E-state index in [0.29, 0.717) is 0 Å². The van der Waals surface area contributed by atoms with Crippen LogP contribution in [0.2, 0.25) is 13.1 Å². The summed E-state index contributed by atoms with van der Waals surface area (Å²) in [7, 11) is 0.234. The summed E-state index contributed by atoms with van der Waals surface area (Å²) in [6.07, 6.45) is 0. The molecule has 1 amide bonds. The molecule has 0 heterocycles. The van der Waals surface area contributed by atoms with E-state index in [2.05, 4.69) is 19.7 Å². The third-order valence-corrected chi connectivity index (χ3v) is 4.88. The van der Waals surface area contributed by atoms with Crippen molar-refractivity contribution in [2.24, 2.45) is 0 Å². The van der Waals surface area contributed by atoms with Gasteiger partial charge in [-0.15, -0.1) is 6.58 Å². The van der Waals surface area contributed by atoms with Crippen molar-refractivity contribution >= 4 is 14.1 Å². The van der Waals surface area contributed by atoms with Gasteiger partial charge >= 0.3 is 0 Å². The number of rotatable bonds is 2. The van der Waals surface area contributed by atoms with Crippen LogP contribution in [-0.4, -0.2) is 25.8 Å². The Kier molecular flexibility index (Phi) is 2.84. The Morgan fingerprint density at radius 1 is 1.60 bits per heavy atom. The highest BCUT2D eigenvalue weighted by molar-refractivity contribution is 6.81. The molecular weight excluding hydrogens is 142 g/mol. The van der Waals surface area contributed by atoms with Gasteiger partial charge in [0, 0.05) is 14.0 Å². The first-order valence-electron chi connectivity index (χ1n) is 3.30. The van der Waals surface area contributed by atoms with Gasteiger partial charge in [0.25, 0.3) is 0 Å². The molecule has 10 heavy (non-hydrogen) atoms. The van der Waals surface area contributed by atoms with Crippen molar-refractivity contribution in [1.29, 1.82) is 0 Å². The van der Waals surface area contributed by atoms with E-state index < -0.39 is 8.24 Å². The molecule has 3 heteroatoms. The summed E-state index contributed by atoms with van der Waals surface area (Å²) in [6.45, 7) is 9.45. The second kappa shape index (κ2) is 3.01. The van der Waals surface area contributed by atoms with Crippen LogP contribution in [0.25, 0.3) is 0 Å². The molecule has 0 N–H and O–H groups in total. The molecular formula is C7H15NOSi. The lowest BCUT2D eigenvalue weighted by Gasteiger charge is -2.29. The summed E-state index contributed by atoms with van der Waals surface area (Å²) >= 11 is 0. The van der Waals surface area contributed by atoms with Crippen LogP contribution >= 0.6 is 0 Å². The second-order valence-corrected chi connectivity index (χ2v) is 7.32. The fourth-order valence-corrected chi connectivity index (χ4v) is 1.63. The molecule has 0 rings (SSSR count). The Balaban J connectivity index is 4.31. The molecule has 0 saturated carbocycles. The lowest BCUT2D eigenvalue weighted by Crippen LogP contribution is -2.47. The van der Waals surface area contributed by atoms with Crippen LogP contribution in [0.4, 0.5) is 0 Å². The molecule has 0 aliphatic rings. The van der Waals surface area contributed by atoms with E-state index in [-0.39, 0.29) is 5.91 Å². The quantitative estimate of drug-likeness (QED) is 0.555. The zero-order valence-electron chi connectivity index (χ0n) is 7.14. The van der Waals surface area contributed by atoms with Crippen molar-refractivity contribution in [3.63, 3.8) is 0 Å². The van der Waals surface area contributed by atoms with Gasteiger partial charge < -0.3 is 4.57 Å². The van der Waals surface area contributed by atoms with Crippen LogP contribution in [-0.2, 0) is 4.79 Å². The summed E-state index contributed by atoms with van der Waals surface area (Å²) in [6, 6.07) is 0. The predicted molar refractivity (Wildman–Crippen MR) is 46.1 cm³/mol. The Bertz CT molecular complexity index is 154. The van der Waals surface area contributed by atoms with Gasteiger partial charge in [-0.05, 0) is 13.1 Å². The van der Waals surface area contributed by atoms with Gasteiger partial charge in [-0.3, -0.25) is 4.79 Å². The molecule has 0 fully saturated rings. The number of nitrogens with zero attached hydrogens (tertiary/aromatic N) is 1. The number of amides is 1. The molecule has 0 radical (unpaired) electrons. The van der Waals surface area contributed by atoms with Crippen molar-refractivity contribution in [3.05, 3.63) is 12.3 Å². The Morgan fingerprint density at radius 2 is 2.00 bits per heavy atom. The SMILES string of the molecule is C=C[Si](C)(C)N(C)C(C)=O.